The Labute approximate surface area is 73.9 Å². The quantitative estimate of drug-likeness (QED) is 0.708. The second-order valence-electron chi connectivity index (χ2n) is 3.05. The van der Waals surface area contributed by atoms with Crippen LogP contribution in [0.5, 0.6) is 0 Å². The number of rotatable bonds is 2. The van der Waals surface area contributed by atoms with Gasteiger partial charge in [0.15, 0.2) is 0 Å². The molecule has 0 saturated heterocycles. The van der Waals surface area contributed by atoms with Gasteiger partial charge in [-0.1, -0.05) is 35.9 Å². The molecule has 1 aromatic rings. The highest BCUT2D eigenvalue weighted by Crippen LogP contribution is 2.16. The molecule has 1 rings (SSSR count). The standard InChI is InChI=1S/C11H15N/c1-9(2)11(8-12)10-6-4-3-5-7-10/h3-7H,8,12H2,1-2H3. The summed E-state index contributed by atoms with van der Waals surface area (Å²) in [6, 6.07) is 10.3. The van der Waals surface area contributed by atoms with E-state index in [9.17, 15) is 0 Å². The molecule has 0 aliphatic rings. The van der Waals surface area contributed by atoms with Crippen LogP contribution in [0.4, 0.5) is 0 Å². The highest BCUT2D eigenvalue weighted by atomic mass is 14.5. The first-order chi connectivity index (χ1) is 5.75. The molecule has 0 atom stereocenters. The van der Waals surface area contributed by atoms with Gasteiger partial charge in [0, 0.05) is 6.54 Å². The van der Waals surface area contributed by atoms with Crippen molar-refractivity contribution in [1.82, 2.24) is 0 Å². The maximum atomic E-state index is 5.65. The van der Waals surface area contributed by atoms with Crippen molar-refractivity contribution in [2.75, 3.05) is 6.54 Å². The molecule has 0 radical (unpaired) electrons. The first-order valence-corrected chi connectivity index (χ1v) is 4.17. The second-order valence-corrected chi connectivity index (χ2v) is 3.05. The lowest BCUT2D eigenvalue weighted by molar-refractivity contribution is 1.22. The lowest BCUT2D eigenvalue weighted by Crippen LogP contribution is -2.03. The Morgan fingerprint density at radius 1 is 1.17 bits per heavy atom. The van der Waals surface area contributed by atoms with Crippen molar-refractivity contribution in [3.8, 4) is 0 Å². The van der Waals surface area contributed by atoms with Gasteiger partial charge in [-0.3, -0.25) is 0 Å². The van der Waals surface area contributed by atoms with Gasteiger partial charge in [0.1, 0.15) is 0 Å². The summed E-state index contributed by atoms with van der Waals surface area (Å²) in [4.78, 5) is 0. The van der Waals surface area contributed by atoms with Crippen molar-refractivity contribution in [2.45, 2.75) is 13.8 Å². The van der Waals surface area contributed by atoms with Crippen LogP contribution in [0.15, 0.2) is 35.9 Å². The molecular weight excluding hydrogens is 146 g/mol. The Morgan fingerprint density at radius 3 is 2.17 bits per heavy atom. The Bertz CT molecular complexity index is 268. The maximum Gasteiger partial charge on any atom is 0.0183 e. The van der Waals surface area contributed by atoms with Crippen LogP contribution in [0.25, 0.3) is 5.57 Å². The number of hydrogen-bond donors (Lipinski definition) is 1. The molecule has 0 saturated carbocycles. The normalized spacial score (nSPS) is 9.58. The molecule has 0 amide bonds. The zero-order valence-corrected chi connectivity index (χ0v) is 7.67. The van der Waals surface area contributed by atoms with E-state index in [2.05, 4.69) is 26.0 Å². The summed E-state index contributed by atoms with van der Waals surface area (Å²) < 4.78 is 0. The van der Waals surface area contributed by atoms with Gasteiger partial charge in [-0.25, -0.2) is 0 Å². The molecule has 0 spiro atoms. The van der Waals surface area contributed by atoms with E-state index in [0.29, 0.717) is 6.54 Å². The van der Waals surface area contributed by atoms with Crippen LogP contribution in [0.2, 0.25) is 0 Å². The molecule has 0 fully saturated rings. The van der Waals surface area contributed by atoms with Crippen LogP contribution < -0.4 is 5.73 Å². The van der Waals surface area contributed by atoms with E-state index in [-0.39, 0.29) is 0 Å². The summed E-state index contributed by atoms with van der Waals surface area (Å²) in [5, 5.41) is 0. The van der Waals surface area contributed by atoms with Gasteiger partial charge in [-0.2, -0.15) is 0 Å². The third-order valence-corrected chi connectivity index (χ3v) is 1.93. The average molecular weight is 161 g/mol. The Kier molecular flexibility index (Phi) is 3.06. The van der Waals surface area contributed by atoms with Crippen molar-refractivity contribution < 1.29 is 0 Å². The summed E-state index contributed by atoms with van der Waals surface area (Å²) in [5.41, 5.74) is 9.42. The predicted molar refractivity (Wildman–Crippen MR) is 53.8 cm³/mol. The smallest absolute Gasteiger partial charge is 0.0183 e. The van der Waals surface area contributed by atoms with Crippen LogP contribution in [0.3, 0.4) is 0 Å². The van der Waals surface area contributed by atoms with E-state index in [4.69, 9.17) is 5.73 Å². The van der Waals surface area contributed by atoms with Crippen molar-refractivity contribution in [1.29, 1.82) is 0 Å². The zero-order chi connectivity index (χ0) is 8.97. The molecule has 0 bridgehead atoms. The van der Waals surface area contributed by atoms with Gasteiger partial charge >= 0.3 is 0 Å². The summed E-state index contributed by atoms with van der Waals surface area (Å²) in [6.45, 7) is 4.80. The maximum absolute atomic E-state index is 5.65. The molecule has 12 heavy (non-hydrogen) atoms. The van der Waals surface area contributed by atoms with Gasteiger partial charge < -0.3 is 5.73 Å². The molecule has 0 aliphatic heterocycles. The van der Waals surface area contributed by atoms with Gasteiger partial charge in [-0.05, 0) is 25.0 Å². The van der Waals surface area contributed by atoms with Crippen LogP contribution in [-0.4, -0.2) is 6.54 Å². The molecule has 2 N–H and O–H groups in total. The third-order valence-electron chi connectivity index (χ3n) is 1.93. The summed E-state index contributed by atoms with van der Waals surface area (Å²) in [7, 11) is 0. The molecule has 1 nitrogen and oxygen atoms in total. The molecule has 64 valence electrons. The molecule has 0 aromatic heterocycles. The number of benzene rings is 1. The lowest BCUT2D eigenvalue weighted by atomic mass is 10.0. The zero-order valence-electron chi connectivity index (χ0n) is 7.67. The van der Waals surface area contributed by atoms with E-state index >= 15 is 0 Å². The molecule has 0 heterocycles. The van der Waals surface area contributed by atoms with Crippen molar-refractivity contribution in [3.63, 3.8) is 0 Å². The average Bonchev–Trinajstić information content (AvgIpc) is 2.07. The van der Waals surface area contributed by atoms with Gasteiger partial charge in [0.2, 0.25) is 0 Å². The Hall–Kier alpha value is -1.08. The van der Waals surface area contributed by atoms with E-state index < -0.39 is 0 Å². The van der Waals surface area contributed by atoms with Crippen LogP contribution in [-0.2, 0) is 0 Å². The van der Waals surface area contributed by atoms with Crippen LogP contribution in [0, 0.1) is 0 Å². The van der Waals surface area contributed by atoms with Crippen molar-refractivity contribution >= 4 is 5.57 Å². The van der Waals surface area contributed by atoms with Crippen LogP contribution in [0.1, 0.15) is 19.4 Å². The Morgan fingerprint density at radius 2 is 1.75 bits per heavy atom. The highest BCUT2D eigenvalue weighted by Gasteiger charge is 1.98. The number of allylic oxidation sites excluding steroid dienone is 1. The predicted octanol–water partition coefficient (Wildman–Crippen LogP) is 2.44. The fourth-order valence-electron chi connectivity index (χ4n) is 1.25. The monoisotopic (exact) mass is 161 g/mol. The van der Waals surface area contributed by atoms with E-state index in [1.807, 2.05) is 18.2 Å². The highest BCUT2D eigenvalue weighted by molar-refractivity contribution is 5.69. The first-order valence-electron chi connectivity index (χ1n) is 4.17. The van der Waals surface area contributed by atoms with Crippen molar-refractivity contribution in [3.05, 3.63) is 41.5 Å². The van der Waals surface area contributed by atoms with Crippen molar-refractivity contribution in [2.24, 2.45) is 5.73 Å². The fourth-order valence-corrected chi connectivity index (χ4v) is 1.25. The topological polar surface area (TPSA) is 26.0 Å². The molecule has 0 unspecified atom stereocenters. The second kappa shape index (κ2) is 4.07. The van der Waals surface area contributed by atoms with Gasteiger partial charge in [0.05, 0.1) is 0 Å². The van der Waals surface area contributed by atoms with Gasteiger partial charge in [-0.15, -0.1) is 0 Å². The molecule has 0 aliphatic carbocycles. The molecule has 1 aromatic carbocycles. The van der Waals surface area contributed by atoms with Gasteiger partial charge in [0.25, 0.3) is 0 Å². The lowest BCUT2D eigenvalue weighted by Gasteiger charge is -2.06. The van der Waals surface area contributed by atoms with Crippen LogP contribution >= 0.6 is 0 Å². The first kappa shape index (κ1) is 9.01. The largest absolute Gasteiger partial charge is 0.326 e. The summed E-state index contributed by atoms with van der Waals surface area (Å²) >= 11 is 0. The van der Waals surface area contributed by atoms with E-state index in [0.717, 1.165) is 0 Å². The number of nitrogens with two attached hydrogens (primary N) is 1. The fraction of sp³-hybridized carbons (Fsp3) is 0.273. The third kappa shape index (κ3) is 1.95. The summed E-state index contributed by atoms with van der Waals surface area (Å²) in [6.07, 6.45) is 0. The molecule has 1 heteroatoms. The molecular formula is C11H15N. The minimum absolute atomic E-state index is 0.617. The van der Waals surface area contributed by atoms with E-state index in [1.165, 1.54) is 16.7 Å². The SMILES string of the molecule is CC(C)=C(CN)c1ccccc1. The van der Waals surface area contributed by atoms with E-state index in [1.54, 1.807) is 0 Å². The summed E-state index contributed by atoms with van der Waals surface area (Å²) in [5.74, 6) is 0. The minimum atomic E-state index is 0.617. The minimum Gasteiger partial charge on any atom is -0.326 e. The Balaban J connectivity index is 3.05. The number of hydrogen-bond acceptors (Lipinski definition) is 1.